The summed E-state index contributed by atoms with van der Waals surface area (Å²) in [6.07, 6.45) is 0. The molecule has 2 rings (SSSR count). The van der Waals surface area contributed by atoms with Gasteiger partial charge < -0.3 is 22.1 Å². The third-order valence-electron chi connectivity index (χ3n) is 2.55. The molecule has 0 saturated heterocycles. The Hall–Kier alpha value is -2.73. The molecule has 2 aromatic rings. The molecule has 23 heavy (non-hydrogen) atoms. The zero-order chi connectivity index (χ0) is 23.3. The molecule has 2 amide bonds. The molecule has 7 heteroatoms. The van der Waals surface area contributed by atoms with E-state index in [1.54, 1.807) is 5.32 Å². The van der Waals surface area contributed by atoms with Crippen LogP contribution in [-0.2, 0) is 0 Å². The number of hydrogen-bond acceptors (Lipinski definition) is 4. The maximum Gasteiger partial charge on any atom is 0.252 e. The van der Waals surface area contributed by atoms with Gasteiger partial charge >= 0.3 is 0 Å². The summed E-state index contributed by atoms with van der Waals surface area (Å²) in [4.78, 5) is 22.8. The Kier molecular flexibility index (Phi) is 3.81. The summed E-state index contributed by atoms with van der Waals surface area (Å²) in [5.74, 6) is -1.56. The van der Waals surface area contributed by atoms with Gasteiger partial charge in [-0.3, -0.25) is 9.59 Å². The number of benzene rings is 2. The molecule has 0 spiro atoms. The minimum Gasteiger partial charge on any atom is -0.399 e. The molecule has 6 N–H and O–H groups in total. The van der Waals surface area contributed by atoms with Gasteiger partial charge in [-0.15, -0.1) is 0 Å². The number of nitrogens with two attached hydrogens (primary N) is 2. The Labute approximate surface area is 149 Å². The first-order chi connectivity index (χ1) is 13.6. The average Bonchev–Trinajstić information content (AvgIpc) is 2.51. The summed E-state index contributed by atoms with van der Waals surface area (Å²) in [5, 5.41) is 3.75. The molecule has 0 aliphatic rings. The van der Waals surface area contributed by atoms with Gasteiger partial charge in [0.15, 0.2) is 0 Å². The lowest BCUT2D eigenvalue weighted by molar-refractivity contribution is 0.0955. The van der Waals surface area contributed by atoms with Gasteiger partial charge in [0, 0.05) is 39.1 Å². The van der Waals surface area contributed by atoms with E-state index in [1.807, 2.05) is 5.32 Å². The van der Waals surface area contributed by atoms with Crippen LogP contribution in [0.4, 0.5) is 11.4 Å². The lowest BCUT2D eigenvalue weighted by atomic mass is 10.2. The number of carbonyl (C=O) groups excluding carboxylic acids is 2. The van der Waals surface area contributed by atoms with Crippen molar-refractivity contribution in [1.82, 2.24) is 10.6 Å². The van der Waals surface area contributed by atoms with E-state index in [0.29, 0.717) is 11.4 Å². The van der Waals surface area contributed by atoms with Crippen LogP contribution < -0.4 is 22.1 Å². The first kappa shape index (κ1) is 10.1. The van der Waals surface area contributed by atoms with Crippen molar-refractivity contribution in [2.24, 2.45) is 0 Å². The summed E-state index contributed by atoms with van der Waals surface area (Å²) < 4.78 is 48.5. The minimum absolute atomic E-state index is 0.0136. The molecular weight excluding hydrogens is 316 g/mol. The summed E-state index contributed by atoms with van der Waals surface area (Å²) in [7, 11) is 0. The molecule has 0 atom stereocenters. The lowest BCUT2D eigenvalue weighted by Gasteiger charge is -2.02. The zero-order valence-corrected chi connectivity index (χ0v) is 12.6. The Morgan fingerprint density at radius 3 is 2.30 bits per heavy atom. The van der Waals surface area contributed by atoms with E-state index in [4.69, 9.17) is 32.7 Å². The molecule has 0 heterocycles. The fourth-order valence-corrected chi connectivity index (χ4v) is 1.70. The normalized spacial score (nSPS) is 14.9. The number of hydrogen-bond donors (Lipinski definition) is 4. The number of nitrogens with one attached hydrogen (secondary N) is 2. The van der Waals surface area contributed by atoms with Crippen LogP contribution in [0, 0.1) is 0 Å². The predicted molar refractivity (Wildman–Crippen MR) is 93.5 cm³/mol. The maximum absolute atomic E-state index is 11.4. The predicted octanol–water partition coefficient (Wildman–Crippen LogP) is 1.91. The van der Waals surface area contributed by atoms with Crippen LogP contribution in [0.1, 0.15) is 30.3 Å². The van der Waals surface area contributed by atoms with Gasteiger partial charge in [-0.1, -0.05) is 11.6 Å². The Morgan fingerprint density at radius 1 is 1.04 bits per heavy atom. The maximum atomic E-state index is 11.4. The van der Waals surface area contributed by atoms with Crippen molar-refractivity contribution >= 4 is 34.8 Å². The van der Waals surface area contributed by atoms with E-state index < -0.39 is 25.8 Å². The highest BCUT2D eigenvalue weighted by molar-refractivity contribution is 6.34. The van der Waals surface area contributed by atoms with Crippen LogP contribution in [0.5, 0.6) is 0 Å². The van der Waals surface area contributed by atoms with Gasteiger partial charge in [0.05, 0.1) is 12.0 Å². The second-order valence-corrected chi connectivity index (χ2v) is 4.59. The molecule has 0 unspecified atom stereocenters. The van der Waals surface area contributed by atoms with Gasteiger partial charge in [-0.25, -0.2) is 0 Å². The largest absolute Gasteiger partial charge is 0.399 e. The third kappa shape index (κ3) is 5.52. The van der Waals surface area contributed by atoms with Gasteiger partial charge in [-0.2, -0.15) is 0 Å². The molecule has 0 bridgehead atoms. The quantitative estimate of drug-likeness (QED) is 0.625. The second-order valence-electron chi connectivity index (χ2n) is 4.18. The number of halogens is 1. The van der Waals surface area contributed by atoms with Crippen molar-refractivity contribution < 1.29 is 19.2 Å². The molecule has 0 fully saturated rings. The number of rotatable bonds is 2. The van der Waals surface area contributed by atoms with Gasteiger partial charge in [0.1, 0.15) is 0 Å². The number of anilines is 2. The van der Waals surface area contributed by atoms with E-state index in [9.17, 15) is 9.59 Å². The fourth-order valence-electron chi connectivity index (χ4n) is 1.43. The molecule has 2 aromatic carbocycles. The van der Waals surface area contributed by atoms with E-state index in [2.05, 4.69) is 0 Å². The second kappa shape index (κ2) is 8.65. The molecule has 0 aliphatic carbocycles. The monoisotopic (exact) mass is 341 g/mol. The Balaban J connectivity index is 0.000000300. The van der Waals surface area contributed by atoms with E-state index in [0.717, 1.165) is 0 Å². The lowest BCUT2D eigenvalue weighted by Crippen LogP contribution is -2.18. The van der Waals surface area contributed by atoms with Crippen LogP contribution in [0.3, 0.4) is 0 Å². The number of nitrogen functional groups attached to an aromatic ring is 2. The van der Waals surface area contributed by atoms with Crippen molar-refractivity contribution in [3.8, 4) is 0 Å². The van der Waals surface area contributed by atoms with Gasteiger partial charge in [0.25, 0.3) is 11.8 Å². The molecule has 0 radical (unpaired) electrons. The highest BCUT2D eigenvalue weighted by atomic mass is 35.5. The molecular formula is C16H19ClN4O2. The summed E-state index contributed by atoms with van der Waals surface area (Å²) >= 11 is 5.73. The van der Waals surface area contributed by atoms with Crippen molar-refractivity contribution in [3.05, 3.63) is 58.6 Å². The Bertz CT molecular complexity index is 857. The van der Waals surface area contributed by atoms with Crippen LogP contribution in [-0.4, -0.2) is 25.8 Å². The van der Waals surface area contributed by atoms with Gasteiger partial charge in [0.2, 0.25) is 0 Å². The first-order valence-corrected chi connectivity index (χ1v) is 6.53. The number of carbonyl (C=O) groups is 2. The molecule has 0 saturated carbocycles. The molecule has 6 nitrogen and oxygen atoms in total. The van der Waals surface area contributed by atoms with Gasteiger partial charge in [-0.05, 0) is 42.4 Å². The third-order valence-corrected chi connectivity index (χ3v) is 2.86. The van der Waals surface area contributed by atoms with Crippen molar-refractivity contribution in [3.63, 3.8) is 0 Å². The number of amides is 2. The first-order valence-electron chi connectivity index (χ1n) is 9.65. The van der Waals surface area contributed by atoms with Crippen LogP contribution in [0.15, 0.2) is 42.4 Å². The van der Waals surface area contributed by atoms with E-state index in [-0.39, 0.29) is 22.2 Å². The summed E-state index contributed by atoms with van der Waals surface area (Å²) in [6.45, 7) is -5.08. The highest BCUT2D eigenvalue weighted by Crippen LogP contribution is 2.18. The Morgan fingerprint density at radius 2 is 1.70 bits per heavy atom. The van der Waals surface area contributed by atoms with Crippen LogP contribution in [0.25, 0.3) is 0 Å². The zero-order valence-electron chi connectivity index (χ0n) is 18.8. The van der Waals surface area contributed by atoms with Crippen molar-refractivity contribution in [2.75, 3.05) is 25.4 Å². The smallest absolute Gasteiger partial charge is 0.252 e. The average molecular weight is 342 g/mol. The highest BCUT2D eigenvalue weighted by Gasteiger charge is 2.07. The van der Waals surface area contributed by atoms with E-state index >= 15 is 0 Å². The summed E-state index contributed by atoms with van der Waals surface area (Å²) in [6, 6.07) is 8.17. The van der Waals surface area contributed by atoms with Crippen molar-refractivity contribution in [1.29, 1.82) is 0 Å². The van der Waals surface area contributed by atoms with Crippen LogP contribution in [0.2, 0.25) is 5.02 Å². The minimum atomic E-state index is -2.55. The topological polar surface area (TPSA) is 110 Å². The van der Waals surface area contributed by atoms with E-state index in [1.165, 1.54) is 36.4 Å². The molecule has 0 aliphatic heterocycles. The fraction of sp³-hybridized carbons (Fsp3) is 0.125. The summed E-state index contributed by atoms with van der Waals surface area (Å²) in [5.41, 5.74) is 11.7. The standard InChI is InChI=1S/C8H9ClN2O.C8H10N2O/c1-11-8(12)6-3-2-5(10)4-7(6)9;1-10-8(11)6-2-4-7(9)5-3-6/h2-4H,10H2,1H3,(H,11,12);2-5H,9H2,1H3,(H,10,11)/i1D3;1D3,2D. The SMILES string of the molecule is [2H]C([2H])([2H])NC(=O)c1ccc(N)cc1Cl.[2H]c1cc(N)ccc1C(=O)NC([2H])([2H])[2H]. The molecule has 0 aromatic heterocycles. The van der Waals surface area contributed by atoms with Crippen molar-refractivity contribution in [2.45, 2.75) is 0 Å². The molecule has 122 valence electrons. The van der Waals surface area contributed by atoms with Crippen LogP contribution >= 0.6 is 11.6 Å².